The van der Waals surface area contributed by atoms with Gasteiger partial charge in [0, 0.05) is 5.75 Å². The van der Waals surface area contributed by atoms with Crippen molar-refractivity contribution in [2.75, 3.05) is 5.75 Å². The van der Waals surface area contributed by atoms with Crippen LogP contribution in [0, 0.1) is 11.8 Å². The summed E-state index contributed by atoms with van der Waals surface area (Å²) in [6, 6.07) is -0.728. The van der Waals surface area contributed by atoms with Gasteiger partial charge in [-0.15, -0.1) is 11.8 Å². The maximum absolute atomic E-state index is 11.6. The van der Waals surface area contributed by atoms with E-state index in [1.54, 1.807) is 6.92 Å². The third-order valence-corrected chi connectivity index (χ3v) is 3.65. The van der Waals surface area contributed by atoms with E-state index in [0.717, 1.165) is 6.42 Å². The van der Waals surface area contributed by atoms with Gasteiger partial charge in [-0.05, 0) is 19.3 Å². The van der Waals surface area contributed by atoms with Gasteiger partial charge in [0.2, 0.25) is 0 Å². The summed E-state index contributed by atoms with van der Waals surface area (Å²) in [4.78, 5) is 23.9. The highest BCUT2D eigenvalue weighted by Crippen LogP contribution is 2.31. The van der Waals surface area contributed by atoms with Gasteiger partial charge in [-0.1, -0.05) is 12.8 Å². The highest BCUT2D eigenvalue weighted by molar-refractivity contribution is 8.00. The summed E-state index contributed by atoms with van der Waals surface area (Å²) in [6.07, 6.45) is 0.742. The van der Waals surface area contributed by atoms with Crippen LogP contribution in [0.15, 0.2) is 0 Å². The van der Waals surface area contributed by atoms with Crippen molar-refractivity contribution < 1.29 is 14.7 Å². The van der Waals surface area contributed by atoms with E-state index in [2.05, 4.69) is 11.8 Å². The molecule has 0 aromatic carbocycles. The van der Waals surface area contributed by atoms with Crippen LogP contribution >= 0.6 is 11.8 Å². The zero-order valence-corrected chi connectivity index (χ0v) is 9.50. The molecule has 1 N–H and O–H groups in total. The molecule has 2 atom stereocenters. The number of rotatable bonds is 2. The molecule has 1 amide bonds. The van der Waals surface area contributed by atoms with Crippen molar-refractivity contribution in [2.24, 2.45) is 0 Å². The van der Waals surface area contributed by atoms with Gasteiger partial charge in [0.25, 0.3) is 5.91 Å². The fourth-order valence-electron chi connectivity index (χ4n) is 1.51. The van der Waals surface area contributed by atoms with E-state index in [9.17, 15) is 9.59 Å². The molecule has 1 aliphatic heterocycles. The Morgan fingerprint density at radius 3 is 2.73 bits per heavy atom. The zero-order chi connectivity index (χ0) is 11.4. The van der Waals surface area contributed by atoms with Crippen LogP contribution in [0.4, 0.5) is 0 Å². The van der Waals surface area contributed by atoms with Crippen molar-refractivity contribution in [2.45, 2.75) is 31.7 Å². The summed E-state index contributed by atoms with van der Waals surface area (Å²) in [5.41, 5.74) is 0. The molecule has 15 heavy (non-hydrogen) atoms. The van der Waals surface area contributed by atoms with E-state index < -0.39 is 12.0 Å². The first kappa shape index (κ1) is 11.9. The van der Waals surface area contributed by atoms with Crippen molar-refractivity contribution >= 4 is 23.6 Å². The Hall–Kier alpha value is -1.15. The number of carboxylic acids is 1. The predicted molar refractivity (Wildman–Crippen MR) is 58.3 cm³/mol. The monoisotopic (exact) mass is 227 g/mol. The first-order chi connectivity index (χ1) is 7.11. The maximum Gasteiger partial charge on any atom is 0.327 e. The largest absolute Gasteiger partial charge is 0.480 e. The molecule has 1 rings (SSSR count). The van der Waals surface area contributed by atoms with Crippen molar-refractivity contribution in [1.29, 1.82) is 0 Å². The molecular formula is C10H13NO3S. The predicted octanol–water partition coefficient (Wildman–Crippen LogP) is 0.774. The number of hydrogen-bond acceptors (Lipinski definition) is 3. The second-order valence-corrected chi connectivity index (χ2v) is 4.35. The average Bonchev–Trinajstić information content (AvgIpc) is 2.61. The lowest BCUT2D eigenvalue weighted by atomic mass is 10.2. The summed E-state index contributed by atoms with van der Waals surface area (Å²) in [5.74, 6) is 4.01. The second-order valence-electron chi connectivity index (χ2n) is 3.14. The Bertz CT molecular complexity index is 331. The Morgan fingerprint density at radius 1 is 1.60 bits per heavy atom. The van der Waals surface area contributed by atoms with Crippen LogP contribution in [0.2, 0.25) is 0 Å². The van der Waals surface area contributed by atoms with Crippen molar-refractivity contribution in [3.8, 4) is 11.8 Å². The molecular weight excluding hydrogens is 214 g/mol. The van der Waals surface area contributed by atoms with Gasteiger partial charge < -0.3 is 10.0 Å². The Morgan fingerprint density at radius 2 is 2.27 bits per heavy atom. The van der Waals surface area contributed by atoms with Gasteiger partial charge in [0.1, 0.15) is 6.04 Å². The second kappa shape index (κ2) is 5.08. The number of carboxylic acid groups (broad SMARTS) is 1. The molecule has 0 aliphatic carbocycles. The molecule has 0 aromatic heterocycles. The summed E-state index contributed by atoms with van der Waals surface area (Å²) >= 11 is 1.50. The van der Waals surface area contributed by atoms with Crippen molar-refractivity contribution in [3.05, 3.63) is 0 Å². The summed E-state index contributed by atoms with van der Waals surface area (Å²) in [5, 5.41) is 8.90. The van der Waals surface area contributed by atoms with Gasteiger partial charge in [-0.2, -0.15) is 0 Å². The Labute approximate surface area is 93.0 Å². The van der Waals surface area contributed by atoms with Crippen LogP contribution in [0.3, 0.4) is 0 Å². The molecule has 0 bridgehead atoms. The van der Waals surface area contributed by atoms with Crippen LogP contribution in [-0.2, 0) is 9.59 Å². The lowest BCUT2D eigenvalue weighted by Crippen LogP contribution is -2.44. The lowest BCUT2D eigenvalue weighted by Gasteiger charge is -2.24. The Balaban J connectivity index is 2.88. The standard InChI is InChI=1S/C10H13NO3S/c1-3-5-8(12)11-7(10(13)14)6-15-9(11)4-2/h7,9H,4,6H2,1-2H3,(H,13,14). The van der Waals surface area contributed by atoms with Crippen LogP contribution in [0.5, 0.6) is 0 Å². The number of carbonyl (C=O) groups excluding carboxylic acids is 1. The zero-order valence-electron chi connectivity index (χ0n) is 8.69. The molecule has 1 aliphatic rings. The van der Waals surface area contributed by atoms with Crippen LogP contribution in [0.25, 0.3) is 0 Å². The van der Waals surface area contributed by atoms with Gasteiger partial charge in [-0.3, -0.25) is 4.79 Å². The van der Waals surface area contributed by atoms with Crippen molar-refractivity contribution in [1.82, 2.24) is 4.90 Å². The van der Waals surface area contributed by atoms with E-state index in [-0.39, 0.29) is 11.3 Å². The third-order valence-electron chi connectivity index (χ3n) is 2.19. The fourth-order valence-corrected chi connectivity index (χ4v) is 2.86. The lowest BCUT2D eigenvalue weighted by molar-refractivity contribution is -0.147. The van der Waals surface area contributed by atoms with Crippen LogP contribution in [0.1, 0.15) is 20.3 Å². The molecule has 0 spiro atoms. The van der Waals surface area contributed by atoms with Crippen LogP contribution in [-0.4, -0.2) is 39.1 Å². The first-order valence-corrected chi connectivity index (χ1v) is 5.76. The Kier molecular flexibility index (Phi) is 4.04. The summed E-state index contributed by atoms with van der Waals surface area (Å²) in [6.45, 7) is 3.50. The average molecular weight is 227 g/mol. The van der Waals surface area contributed by atoms with E-state index in [0.29, 0.717) is 5.75 Å². The minimum absolute atomic E-state index is 0.0561. The number of nitrogens with zero attached hydrogens (tertiary/aromatic N) is 1. The van der Waals surface area contributed by atoms with E-state index in [1.165, 1.54) is 16.7 Å². The maximum atomic E-state index is 11.6. The molecule has 1 saturated heterocycles. The molecule has 0 saturated carbocycles. The SMILES string of the molecule is CC#CC(=O)N1C(CC)SCC1C(=O)O. The molecule has 1 heterocycles. The normalized spacial score (nSPS) is 24.5. The summed E-state index contributed by atoms with van der Waals surface area (Å²) < 4.78 is 0. The molecule has 1 fully saturated rings. The quantitative estimate of drug-likeness (QED) is 0.708. The van der Waals surface area contributed by atoms with E-state index in [4.69, 9.17) is 5.11 Å². The topological polar surface area (TPSA) is 57.6 Å². The van der Waals surface area contributed by atoms with E-state index >= 15 is 0 Å². The number of carbonyl (C=O) groups is 2. The smallest absolute Gasteiger partial charge is 0.327 e. The fraction of sp³-hybridized carbons (Fsp3) is 0.600. The molecule has 0 aromatic rings. The first-order valence-electron chi connectivity index (χ1n) is 4.71. The van der Waals surface area contributed by atoms with Gasteiger partial charge in [-0.25, -0.2) is 4.79 Å². The number of amides is 1. The number of thioether (sulfide) groups is 1. The molecule has 4 nitrogen and oxygen atoms in total. The number of hydrogen-bond donors (Lipinski definition) is 1. The van der Waals surface area contributed by atoms with Gasteiger partial charge >= 0.3 is 5.97 Å². The summed E-state index contributed by atoms with van der Waals surface area (Å²) in [7, 11) is 0. The van der Waals surface area contributed by atoms with Crippen LogP contribution < -0.4 is 0 Å². The highest BCUT2D eigenvalue weighted by Gasteiger charge is 2.40. The van der Waals surface area contributed by atoms with Gasteiger partial charge in [0.05, 0.1) is 5.37 Å². The van der Waals surface area contributed by atoms with Crippen molar-refractivity contribution in [3.63, 3.8) is 0 Å². The van der Waals surface area contributed by atoms with E-state index in [1.807, 2.05) is 6.92 Å². The molecule has 2 unspecified atom stereocenters. The minimum Gasteiger partial charge on any atom is -0.480 e. The number of aliphatic carboxylic acids is 1. The molecule has 5 heteroatoms. The molecule has 82 valence electrons. The molecule has 0 radical (unpaired) electrons. The third kappa shape index (κ3) is 2.45. The highest BCUT2D eigenvalue weighted by atomic mass is 32.2. The minimum atomic E-state index is -0.954. The van der Waals surface area contributed by atoms with Gasteiger partial charge in [0.15, 0.2) is 0 Å².